The highest BCUT2D eigenvalue weighted by molar-refractivity contribution is 14.1. The molecule has 164 valence electrons. The van der Waals surface area contributed by atoms with E-state index in [9.17, 15) is 57.1 Å². The predicted molar refractivity (Wildman–Crippen MR) is 77.0 cm³/mol. The van der Waals surface area contributed by atoms with E-state index in [0.29, 0.717) is 4.43 Å². The number of halogens is 14. The minimum Gasteiger partial charge on any atom is -0.224 e. The quantitative estimate of drug-likeness (QED) is 0.128. The van der Waals surface area contributed by atoms with E-state index < -0.39 is 61.5 Å². The minimum atomic E-state index is -6.77. The average Bonchev–Trinajstić information content (AvgIpc) is 2.40. The topological polar surface area (TPSA) is 0 Å². The van der Waals surface area contributed by atoms with Crippen LogP contribution in [0, 0.1) is 11.8 Å². The summed E-state index contributed by atoms with van der Waals surface area (Å²) in [7, 11) is 0. The maximum absolute atomic E-state index is 13.6. The van der Waals surface area contributed by atoms with Crippen molar-refractivity contribution in [1.82, 2.24) is 0 Å². The van der Waals surface area contributed by atoms with Gasteiger partial charge in [0.25, 0.3) is 5.67 Å². The van der Waals surface area contributed by atoms with Crippen molar-refractivity contribution in [2.75, 3.05) is 4.43 Å². The normalized spacial score (nSPS) is 17.1. The SMILES string of the molecule is FC(F)(F)C(CCCCI)CC(CC(F)(C(F)(F)F)C(F)(F)F)C(F)(F)F. The second-order valence-electron chi connectivity index (χ2n) is 5.90. The van der Waals surface area contributed by atoms with Crippen molar-refractivity contribution >= 4 is 22.6 Å². The summed E-state index contributed by atoms with van der Waals surface area (Å²) in [5, 5.41) is 0. The third-order valence-corrected chi connectivity index (χ3v) is 4.62. The van der Waals surface area contributed by atoms with Crippen LogP contribution in [0.25, 0.3) is 0 Å². The Morgan fingerprint density at radius 3 is 1.30 bits per heavy atom. The van der Waals surface area contributed by atoms with Gasteiger partial charge < -0.3 is 0 Å². The summed E-state index contributed by atoms with van der Waals surface area (Å²) in [5.74, 6) is -6.59. The van der Waals surface area contributed by atoms with Gasteiger partial charge in [-0.2, -0.15) is 52.7 Å². The highest BCUT2D eigenvalue weighted by Crippen LogP contribution is 2.53. The summed E-state index contributed by atoms with van der Waals surface area (Å²) in [6.07, 6.45) is -31.1. The van der Waals surface area contributed by atoms with Crippen molar-refractivity contribution in [2.45, 2.75) is 62.5 Å². The molecule has 0 N–H and O–H groups in total. The van der Waals surface area contributed by atoms with Crippen molar-refractivity contribution < 1.29 is 57.1 Å². The molecule has 0 aliphatic carbocycles. The molecular weight excluding hydrogens is 530 g/mol. The lowest BCUT2D eigenvalue weighted by molar-refractivity contribution is -0.353. The minimum absolute atomic E-state index is 0.155. The Bertz CT molecular complexity index is 431. The molecule has 0 heterocycles. The first-order chi connectivity index (χ1) is 11.8. The highest BCUT2D eigenvalue weighted by Gasteiger charge is 2.74. The van der Waals surface area contributed by atoms with Crippen LogP contribution >= 0.6 is 22.6 Å². The fourth-order valence-corrected chi connectivity index (χ4v) is 2.85. The van der Waals surface area contributed by atoms with E-state index in [2.05, 4.69) is 0 Å². The summed E-state index contributed by atoms with van der Waals surface area (Å²) in [6.45, 7) is 0. The van der Waals surface area contributed by atoms with Crippen molar-refractivity contribution in [3.05, 3.63) is 0 Å². The zero-order valence-electron chi connectivity index (χ0n) is 13.2. The number of hydrogen-bond donors (Lipinski definition) is 0. The summed E-state index contributed by atoms with van der Waals surface area (Å²) < 4.78 is 166. The van der Waals surface area contributed by atoms with Gasteiger partial charge in [0.15, 0.2) is 0 Å². The van der Waals surface area contributed by atoms with Crippen LogP contribution in [0.4, 0.5) is 57.1 Å². The Balaban J connectivity index is 5.79. The molecule has 0 saturated carbocycles. The van der Waals surface area contributed by atoms with Crippen molar-refractivity contribution in [1.29, 1.82) is 0 Å². The van der Waals surface area contributed by atoms with Gasteiger partial charge >= 0.3 is 24.7 Å². The van der Waals surface area contributed by atoms with Crippen LogP contribution in [0.15, 0.2) is 0 Å². The van der Waals surface area contributed by atoms with Crippen LogP contribution in [0.5, 0.6) is 0 Å². The Labute approximate surface area is 159 Å². The van der Waals surface area contributed by atoms with Gasteiger partial charge in [-0.05, 0) is 23.7 Å². The molecule has 0 aromatic carbocycles. The fourth-order valence-electron chi connectivity index (χ4n) is 2.31. The summed E-state index contributed by atoms with van der Waals surface area (Å²) in [6, 6.07) is 0. The third-order valence-electron chi connectivity index (χ3n) is 3.86. The molecule has 0 fully saturated rings. The van der Waals surface area contributed by atoms with Gasteiger partial charge in [0.2, 0.25) is 0 Å². The molecule has 0 saturated heterocycles. The fraction of sp³-hybridized carbons (Fsp3) is 1.00. The van der Waals surface area contributed by atoms with Crippen molar-refractivity contribution in [3.8, 4) is 0 Å². The zero-order valence-corrected chi connectivity index (χ0v) is 15.3. The number of hydrogen-bond acceptors (Lipinski definition) is 0. The molecule has 14 heteroatoms. The van der Waals surface area contributed by atoms with Crippen LogP contribution in [0.2, 0.25) is 0 Å². The Morgan fingerprint density at radius 1 is 0.593 bits per heavy atom. The molecule has 2 atom stereocenters. The molecule has 0 aliphatic rings. The molecule has 0 rings (SSSR count). The van der Waals surface area contributed by atoms with Gasteiger partial charge in [-0.3, -0.25) is 0 Å². The molecule has 27 heavy (non-hydrogen) atoms. The second-order valence-corrected chi connectivity index (χ2v) is 6.98. The first-order valence-electron chi connectivity index (χ1n) is 7.29. The van der Waals surface area contributed by atoms with Gasteiger partial charge in [0, 0.05) is 6.42 Å². The maximum atomic E-state index is 13.6. The molecule has 0 bridgehead atoms. The number of alkyl halides is 14. The van der Waals surface area contributed by atoms with Crippen LogP contribution in [-0.2, 0) is 0 Å². The molecule has 2 unspecified atom stereocenters. The lowest BCUT2D eigenvalue weighted by atomic mass is 9.82. The third kappa shape index (κ3) is 7.63. The first-order valence-corrected chi connectivity index (χ1v) is 8.81. The highest BCUT2D eigenvalue weighted by atomic mass is 127. The van der Waals surface area contributed by atoms with Crippen LogP contribution in [-0.4, -0.2) is 34.8 Å². The van der Waals surface area contributed by atoms with E-state index in [0.717, 1.165) is 0 Å². The summed E-state index contributed by atoms with van der Waals surface area (Å²) in [4.78, 5) is 0. The lowest BCUT2D eigenvalue weighted by Crippen LogP contribution is -2.55. The van der Waals surface area contributed by atoms with E-state index in [1.807, 2.05) is 0 Å². The van der Waals surface area contributed by atoms with Crippen LogP contribution in [0.1, 0.15) is 32.1 Å². The van der Waals surface area contributed by atoms with E-state index in [4.69, 9.17) is 0 Å². The average molecular weight is 544 g/mol. The van der Waals surface area contributed by atoms with Gasteiger partial charge in [-0.1, -0.05) is 29.0 Å². The van der Waals surface area contributed by atoms with Gasteiger partial charge in [0.1, 0.15) is 0 Å². The Kier molecular flexibility index (Phi) is 9.03. The van der Waals surface area contributed by atoms with Gasteiger partial charge in [-0.25, -0.2) is 4.39 Å². The molecule has 0 radical (unpaired) electrons. The monoisotopic (exact) mass is 544 g/mol. The molecule has 0 nitrogen and oxygen atoms in total. The van der Waals surface area contributed by atoms with E-state index in [1.54, 1.807) is 22.6 Å². The lowest BCUT2D eigenvalue weighted by Gasteiger charge is -2.35. The molecule has 0 aromatic rings. The molecule has 0 aliphatic heterocycles. The molecule has 0 spiro atoms. The van der Waals surface area contributed by atoms with E-state index in [1.165, 1.54) is 0 Å². The summed E-state index contributed by atoms with van der Waals surface area (Å²) in [5.41, 5.74) is -6.28. The van der Waals surface area contributed by atoms with Gasteiger partial charge in [0.05, 0.1) is 11.8 Å². The Morgan fingerprint density at radius 2 is 1.00 bits per heavy atom. The second kappa shape index (κ2) is 9.09. The maximum Gasteiger partial charge on any atom is 0.431 e. The first kappa shape index (κ1) is 26.8. The Hall–Kier alpha value is -0.180. The molecule has 0 amide bonds. The van der Waals surface area contributed by atoms with Crippen LogP contribution in [0.3, 0.4) is 0 Å². The van der Waals surface area contributed by atoms with Crippen molar-refractivity contribution in [3.63, 3.8) is 0 Å². The number of rotatable bonds is 8. The van der Waals surface area contributed by atoms with E-state index in [-0.39, 0.29) is 12.8 Å². The molecule has 0 aromatic heterocycles. The molecular formula is C13H14F13I. The van der Waals surface area contributed by atoms with Gasteiger partial charge in [-0.15, -0.1) is 0 Å². The van der Waals surface area contributed by atoms with Crippen LogP contribution < -0.4 is 0 Å². The standard InChI is InChI=1S/C13H14F13I/c14-9(12(21,22)23,13(24,25)26)6-8(11(18,19)20)5-7(10(15,16)17)3-1-2-4-27/h7-8H,1-6H2. The summed E-state index contributed by atoms with van der Waals surface area (Å²) >= 11 is 1.77. The predicted octanol–water partition coefficient (Wildman–Crippen LogP) is 7.56. The smallest absolute Gasteiger partial charge is 0.224 e. The zero-order chi connectivity index (χ0) is 21.9. The largest absolute Gasteiger partial charge is 0.431 e. The van der Waals surface area contributed by atoms with Crippen molar-refractivity contribution in [2.24, 2.45) is 11.8 Å². The number of unbranched alkanes of at least 4 members (excludes halogenated alkanes) is 1. The van der Waals surface area contributed by atoms with E-state index >= 15 is 0 Å².